The van der Waals surface area contributed by atoms with Gasteiger partial charge in [0.15, 0.2) is 5.69 Å². The van der Waals surface area contributed by atoms with Gasteiger partial charge in [0.25, 0.3) is 5.91 Å². The Hall–Kier alpha value is -4.80. The number of amides is 2. The zero-order chi connectivity index (χ0) is 27.1. The zero-order valence-corrected chi connectivity index (χ0v) is 21.1. The molecule has 0 radical (unpaired) electrons. The highest BCUT2D eigenvalue weighted by atomic mass is 16.7. The second-order valence-corrected chi connectivity index (χ2v) is 8.80. The lowest BCUT2D eigenvalue weighted by Crippen LogP contribution is -2.34. The first-order valence-electron chi connectivity index (χ1n) is 11.9. The summed E-state index contributed by atoms with van der Waals surface area (Å²) in [7, 11) is 1.50. The number of fused-ring (bicyclic) bond motifs is 1. The number of oxime groups is 1. The summed E-state index contributed by atoms with van der Waals surface area (Å²) in [5.74, 6) is -3.56. The van der Waals surface area contributed by atoms with Crippen LogP contribution in [0.2, 0.25) is 0 Å². The molecule has 11 nitrogen and oxygen atoms in total. The minimum absolute atomic E-state index is 0.0709. The van der Waals surface area contributed by atoms with E-state index in [1.165, 1.54) is 11.8 Å². The lowest BCUT2D eigenvalue weighted by Gasteiger charge is -2.15. The third kappa shape index (κ3) is 3.92. The summed E-state index contributed by atoms with van der Waals surface area (Å²) in [6, 6.07) is 13.7. The maximum Gasteiger partial charge on any atom is 0.359 e. The number of aryl methyl sites for hydroxylation is 1. The van der Waals surface area contributed by atoms with Crippen LogP contribution in [-0.4, -0.2) is 58.9 Å². The number of hydrogen-bond acceptors (Lipinski definition) is 9. The summed E-state index contributed by atoms with van der Waals surface area (Å²) in [4.78, 5) is 59.4. The molecule has 0 N–H and O–H groups in total. The van der Waals surface area contributed by atoms with Gasteiger partial charge in [-0.05, 0) is 57.2 Å². The van der Waals surface area contributed by atoms with Crippen molar-refractivity contribution in [3.63, 3.8) is 0 Å². The Balaban J connectivity index is 1.53. The molecule has 0 unspecified atom stereocenters. The molecule has 0 bridgehead atoms. The predicted octanol–water partition coefficient (Wildman–Crippen LogP) is 2.80. The first kappa shape index (κ1) is 24.9. The Labute approximate surface area is 217 Å². The van der Waals surface area contributed by atoms with Crippen LogP contribution < -0.4 is 9.64 Å². The van der Waals surface area contributed by atoms with E-state index in [9.17, 15) is 19.2 Å². The summed E-state index contributed by atoms with van der Waals surface area (Å²) in [6.07, 6.45) is -1.29. The van der Waals surface area contributed by atoms with Crippen molar-refractivity contribution < 1.29 is 33.5 Å². The Kier molecular flexibility index (Phi) is 6.27. The van der Waals surface area contributed by atoms with Crippen molar-refractivity contribution in [1.82, 2.24) is 9.78 Å². The van der Waals surface area contributed by atoms with Crippen molar-refractivity contribution in [1.29, 1.82) is 0 Å². The molecule has 3 aromatic rings. The zero-order valence-electron chi connectivity index (χ0n) is 21.1. The van der Waals surface area contributed by atoms with E-state index in [0.717, 1.165) is 10.5 Å². The molecule has 2 aliphatic rings. The van der Waals surface area contributed by atoms with Crippen LogP contribution in [0.15, 0.2) is 53.7 Å². The second-order valence-electron chi connectivity index (χ2n) is 8.80. The smallest absolute Gasteiger partial charge is 0.359 e. The summed E-state index contributed by atoms with van der Waals surface area (Å²) >= 11 is 0. The van der Waals surface area contributed by atoms with Crippen LogP contribution in [0.1, 0.15) is 39.0 Å². The number of ether oxygens (including phenoxy) is 2. The molecule has 11 heteroatoms. The van der Waals surface area contributed by atoms with Crippen molar-refractivity contribution in [2.45, 2.75) is 26.9 Å². The van der Waals surface area contributed by atoms with Crippen molar-refractivity contribution in [3.05, 3.63) is 71.0 Å². The average molecular weight is 517 g/mol. The van der Waals surface area contributed by atoms with Crippen LogP contribution in [0.3, 0.4) is 0 Å². The molecule has 1 saturated heterocycles. The van der Waals surface area contributed by atoms with Crippen LogP contribution in [0.4, 0.5) is 5.69 Å². The number of esters is 1. The normalized spacial score (nSPS) is 18.2. The van der Waals surface area contributed by atoms with Gasteiger partial charge in [-0.1, -0.05) is 22.9 Å². The first-order chi connectivity index (χ1) is 18.3. The van der Waals surface area contributed by atoms with Crippen LogP contribution in [-0.2, 0) is 19.2 Å². The molecule has 2 atom stereocenters. The Morgan fingerprint density at radius 1 is 0.974 bits per heavy atom. The number of carbonyl (C=O) groups is 4. The van der Waals surface area contributed by atoms with Gasteiger partial charge in [0.2, 0.25) is 17.8 Å². The maximum atomic E-state index is 13.8. The average Bonchev–Trinajstić information content (AvgIpc) is 3.57. The SMILES string of the molecule is CCOC(=O)c1nn(-c2ccc(C)cc2)c(C)c1C(=O)C1=NO[C@@H]2C(=O)N(c3ccc(OC)cc3)C(=O)[C@H]12. The van der Waals surface area contributed by atoms with Crippen LogP contribution in [0, 0.1) is 19.8 Å². The van der Waals surface area contributed by atoms with E-state index in [1.54, 1.807) is 50.2 Å². The van der Waals surface area contributed by atoms with Crippen molar-refractivity contribution in [3.8, 4) is 11.4 Å². The first-order valence-corrected chi connectivity index (χ1v) is 11.9. The number of aromatic nitrogens is 2. The fourth-order valence-corrected chi connectivity index (χ4v) is 4.53. The van der Waals surface area contributed by atoms with Crippen LogP contribution >= 0.6 is 0 Å². The molecular formula is C27H24N4O7. The Bertz CT molecular complexity index is 1490. The molecule has 2 aromatic carbocycles. The van der Waals surface area contributed by atoms with Gasteiger partial charge in [-0.15, -0.1) is 0 Å². The highest BCUT2D eigenvalue weighted by Crippen LogP contribution is 2.35. The Morgan fingerprint density at radius 2 is 1.63 bits per heavy atom. The molecule has 0 saturated carbocycles. The van der Waals surface area contributed by atoms with E-state index >= 15 is 0 Å². The summed E-state index contributed by atoms with van der Waals surface area (Å²) < 4.78 is 11.7. The van der Waals surface area contributed by atoms with Gasteiger partial charge in [0.05, 0.1) is 36.3 Å². The number of methoxy groups -OCH3 is 1. The molecule has 5 rings (SSSR count). The third-order valence-electron chi connectivity index (χ3n) is 6.47. The topological polar surface area (TPSA) is 129 Å². The Morgan fingerprint density at radius 3 is 2.26 bits per heavy atom. The van der Waals surface area contributed by atoms with Crippen molar-refractivity contribution in [2.24, 2.45) is 11.1 Å². The van der Waals surface area contributed by atoms with Crippen molar-refractivity contribution >= 4 is 35.0 Å². The quantitative estimate of drug-likeness (QED) is 0.266. The number of Topliss-reactive ketones (excluding diaryl/α,β-unsaturated/α-hetero) is 1. The van der Waals surface area contributed by atoms with Crippen molar-refractivity contribution in [2.75, 3.05) is 18.6 Å². The number of ketones is 1. The summed E-state index contributed by atoms with van der Waals surface area (Å²) in [6.45, 7) is 5.27. The number of imide groups is 1. The molecule has 0 aliphatic carbocycles. The molecule has 194 valence electrons. The van der Waals surface area contributed by atoms with E-state index in [4.69, 9.17) is 14.3 Å². The fourth-order valence-electron chi connectivity index (χ4n) is 4.53. The van der Waals surface area contributed by atoms with Gasteiger partial charge in [-0.2, -0.15) is 5.10 Å². The molecule has 38 heavy (non-hydrogen) atoms. The number of rotatable bonds is 7. The lowest BCUT2D eigenvalue weighted by molar-refractivity contribution is -0.126. The molecule has 2 amide bonds. The monoisotopic (exact) mass is 516 g/mol. The number of carbonyl (C=O) groups excluding carboxylic acids is 4. The standard InChI is InChI=1S/C27H24N4O7/c1-5-37-27(35)22-19(15(3)31(28-22)17-8-6-14(2)7-9-17)23(32)21-20-24(38-29-21)26(34)30(25(20)33)16-10-12-18(36-4)13-11-16/h6-13,20,24H,5H2,1-4H3/t20-,24+/m1/s1. The van der Waals surface area contributed by atoms with Crippen LogP contribution in [0.5, 0.6) is 5.75 Å². The minimum atomic E-state index is -1.29. The largest absolute Gasteiger partial charge is 0.497 e. The fraction of sp³-hybridized carbons (Fsp3) is 0.259. The van der Waals surface area contributed by atoms with Gasteiger partial charge < -0.3 is 14.3 Å². The molecule has 1 fully saturated rings. The highest BCUT2D eigenvalue weighted by Gasteiger charge is 2.58. The minimum Gasteiger partial charge on any atom is -0.497 e. The summed E-state index contributed by atoms with van der Waals surface area (Å²) in [5, 5.41) is 8.19. The van der Waals surface area contributed by atoms with E-state index in [0.29, 0.717) is 22.8 Å². The van der Waals surface area contributed by atoms with Crippen LogP contribution in [0.25, 0.3) is 5.69 Å². The number of hydrogen-bond donors (Lipinski definition) is 0. The highest BCUT2D eigenvalue weighted by molar-refractivity contribution is 6.53. The van der Waals surface area contributed by atoms with Gasteiger partial charge in [-0.25, -0.2) is 14.4 Å². The van der Waals surface area contributed by atoms with E-state index in [1.807, 2.05) is 19.1 Å². The van der Waals surface area contributed by atoms with E-state index < -0.39 is 35.6 Å². The molecule has 1 aromatic heterocycles. The molecule has 3 heterocycles. The number of anilines is 1. The van der Waals surface area contributed by atoms with Gasteiger partial charge in [-0.3, -0.25) is 14.4 Å². The second kappa shape index (κ2) is 9.58. The van der Waals surface area contributed by atoms with E-state index in [2.05, 4.69) is 10.3 Å². The van der Waals surface area contributed by atoms with Gasteiger partial charge >= 0.3 is 5.97 Å². The van der Waals surface area contributed by atoms with Gasteiger partial charge in [0.1, 0.15) is 17.4 Å². The molecule has 0 spiro atoms. The molecular weight excluding hydrogens is 492 g/mol. The van der Waals surface area contributed by atoms with Gasteiger partial charge in [0, 0.05) is 0 Å². The third-order valence-corrected chi connectivity index (χ3v) is 6.47. The number of nitrogens with zero attached hydrogens (tertiary/aromatic N) is 4. The molecule has 2 aliphatic heterocycles. The lowest BCUT2D eigenvalue weighted by atomic mass is 9.92. The summed E-state index contributed by atoms with van der Waals surface area (Å²) in [5.41, 5.74) is 1.73. The van der Waals surface area contributed by atoms with E-state index in [-0.39, 0.29) is 23.6 Å². The maximum absolute atomic E-state index is 13.8. The predicted molar refractivity (Wildman–Crippen MR) is 135 cm³/mol. The number of benzene rings is 2.